The SMILES string of the molecule is CC(C)(C)OC(=O)NCc1cccc(CN2Cc3c(-c4ccccc4)ccnc3OCC2=O)c1. The van der Waals surface area contributed by atoms with Crippen LogP contribution in [-0.4, -0.2) is 34.1 Å². The molecule has 7 heteroatoms. The number of alkyl carbamates (subject to hydrolysis) is 1. The number of pyridine rings is 1. The molecule has 1 aromatic heterocycles. The number of benzene rings is 2. The molecule has 2 aromatic carbocycles. The number of nitrogens with one attached hydrogen (secondary N) is 1. The number of fused-ring (bicyclic) bond motifs is 1. The molecule has 0 atom stereocenters. The Morgan fingerprint density at radius 1 is 1.09 bits per heavy atom. The van der Waals surface area contributed by atoms with Crippen molar-refractivity contribution in [2.45, 2.75) is 46.0 Å². The quantitative estimate of drug-likeness (QED) is 0.599. The van der Waals surface area contributed by atoms with Crippen LogP contribution in [-0.2, 0) is 29.2 Å². The highest BCUT2D eigenvalue weighted by atomic mass is 16.6. The van der Waals surface area contributed by atoms with Gasteiger partial charge in [-0.1, -0.05) is 54.6 Å². The Hall–Kier alpha value is -3.87. The lowest BCUT2D eigenvalue weighted by Crippen LogP contribution is -2.32. The first-order valence-electron chi connectivity index (χ1n) is 11.3. The molecular formula is C27H29N3O4. The fourth-order valence-electron chi connectivity index (χ4n) is 3.83. The van der Waals surface area contributed by atoms with Crippen LogP contribution < -0.4 is 10.1 Å². The fourth-order valence-corrected chi connectivity index (χ4v) is 3.83. The highest BCUT2D eigenvalue weighted by molar-refractivity contribution is 5.80. The van der Waals surface area contributed by atoms with Gasteiger partial charge in [0.2, 0.25) is 5.88 Å². The van der Waals surface area contributed by atoms with Gasteiger partial charge in [-0.25, -0.2) is 9.78 Å². The molecule has 176 valence electrons. The van der Waals surface area contributed by atoms with Gasteiger partial charge in [-0.2, -0.15) is 0 Å². The van der Waals surface area contributed by atoms with Gasteiger partial charge in [0, 0.05) is 24.8 Å². The smallest absolute Gasteiger partial charge is 0.407 e. The molecule has 1 aliphatic rings. The van der Waals surface area contributed by atoms with Crippen LogP contribution in [0.5, 0.6) is 5.88 Å². The van der Waals surface area contributed by atoms with E-state index in [0.717, 1.165) is 27.8 Å². The van der Waals surface area contributed by atoms with Crippen LogP contribution in [0, 0.1) is 0 Å². The molecule has 0 radical (unpaired) electrons. The third-order valence-corrected chi connectivity index (χ3v) is 5.34. The lowest BCUT2D eigenvalue weighted by molar-refractivity contribution is -0.133. The Labute approximate surface area is 199 Å². The Kier molecular flexibility index (Phi) is 6.82. The van der Waals surface area contributed by atoms with Crippen LogP contribution in [0.2, 0.25) is 0 Å². The maximum Gasteiger partial charge on any atom is 0.407 e. The molecule has 2 heterocycles. The first-order valence-corrected chi connectivity index (χ1v) is 11.3. The van der Waals surface area contributed by atoms with E-state index in [1.165, 1.54) is 0 Å². The van der Waals surface area contributed by atoms with Gasteiger partial charge < -0.3 is 19.7 Å². The lowest BCUT2D eigenvalue weighted by atomic mass is 10.0. The largest absolute Gasteiger partial charge is 0.467 e. The zero-order valence-electron chi connectivity index (χ0n) is 19.7. The molecule has 7 nitrogen and oxygen atoms in total. The van der Waals surface area contributed by atoms with Crippen molar-refractivity contribution in [1.29, 1.82) is 0 Å². The number of aromatic nitrogens is 1. The van der Waals surface area contributed by atoms with Gasteiger partial charge >= 0.3 is 6.09 Å². The van der Waals surface area contributed by atoms with Gasteiger partial charge in [0.15, 0.2) is 6.61 Å². The number of rotatable bonds is 5. The van der Waals surface area contributed by atoms with Crippen molar-refractivity contribution in [3.05, 3.63) is 83.6 Å². The predicted molar refractivity (Wildman–Crippen MR) is 129 cm³/mol. The summed E-state index contributed by atoms with van der Waals surface area (Å²) in [6.07, 6.45) is 1.25. The Balaban J connectivity index is 1.50. The maximum absolute atomic E-state index is 12.9. The van der Waals surface area contributed by atoms with Crippen LogP contribution in [0.1, 0.15) is 37.5 Å². The number of ether oxygens (including phenoxy) is 2. The Bertz CT molecular complexity index is 1170. The van der Waals surface area contributed by atoms with Crippen molar-refractivity contribution in [2.75, 3.05) is 6.61 Å². The van der Waals surface area contributed by atoms with Gasteiger partial charge in [0.1, 0.15) is 5.60 Å². The average Bonchev–Trinajstić information content (AvgIpc) is 2.96. The Morgan fingerprint density at radius 3 is 2.62 bits per heavy atom. The minimum absolute atomic E-state index is 0.0574. The second kappa shape index (κ2) is 9.95. The summed E-state index contributed by atoms with van der Waals surface area (Å²) in [5, 5.41) is 2.77. The second-order valence-corrected chi connectivity index (χ2v) is 9.22. The zero-order chi connectivity index (χ0) is 24.1. The van der Waals surface area contributed by atoms with E-state index in [-0.39, 0.29) is 12.5 Å². The number of carbonyl (C=O) groups is 2. The highest BCUT2D eigenvalue weighted by Gasteiger charge is 2.25. The number of nitrogens with zero attached hydrogens (tertiary/aromatic N) is 2. The van der Waals surface area contributed by atoms with Crippen molar-refractivity contribution in [3.63, 3.8) is 0 Å². The third-order valence-electron chi connectivity index (χ3n) is 5.34. The zero-order valence-corrected chi connectivity index (χ0v) is 19.7. The minimum atomic E-state index is -0.551. The average molecular weight is 460 g/mol. The molecule has 3 aromatic rings. The molecule has 34 heavy (non-hydrogen) atoms. The monoisotopic (exact) mass is 459 g/mol. The topological polar surface area (TPSA) is 80.8 Å². The van der Waals surface area contributed by atoms with Crippen LogP contribution >= 0.6 is 0 Å². The number of hydrogen-bond acceptors (Lipinski definition) is 5. The van der Waals surface area contributed by atoms with E-state index in [4.69, 9.17) is 9.47 Å². The van der Waals surface area contributed by atoms with Crippen molar-refractivity contribution in [2.24, 2.45) is 0 Å². The van der Waals surface area contributed by atoms with E-state index in [2.05, 4.69) is 10.3 Å². The van der Waals surface area contributed by atoms with E-state index in [0.29, 0.717) is 25.5 Å². The summed E-state index contributed by atoms with van der Waals surface area (Å²) in [6, 6.07) is 19.8. The van der Waals surface area contributed by atoms with E-state index in [1.807, 2.05) is 81.4 Å². The molecule has 1 aliphatic heterocycles. The van der Waals surface area contributed by atoms with E-state index >= 15 is 0 Å². The molecular weight excluding hydrogens is 430 g/mol. The van der Waals surface area contributed by atoms with E-state index < -0.39 is 11.7 Å². The third kappa shape index (κ3) is 5.92. The number of carbonyl (C=O) groups excluding carboxylic acids is 2. The van der Waals surface area contributed by atoms with Gasteiger partial charge in [-0.15, -0.1) is 0 Å². The maximum atomic E-state index is 12.9. The van der Waals surface area contributed by atoms with Crippen molar-refractivity contribution in [1.82, 2.24) is 15.2 Å². The summed E-state index contributed by atoms with van der Waals surface area (Å²) in [4.78, 5) is 31.0. The molecule has 0 unspecified atom stereocenters. The molecule has 0 saturated heterocycles. The van der Waals surface area contributed by atoms with Crippen molar-refractivity contribution >= 4 is 12.0 Å². The summed E-state index contributed by atoms with van der Waals surface area (Å²) in [6.45, 7) is 6.57. The molecule has 0 saturated carbocycles. The normalized spacial score (nSPS) is 13.5. The van der Waals surface area contributed by atoms with Crippen LogP contribution in [0.15, 0.2) is 66.9 Å². The second-order valence-electron chi connectivity index (χ2n) is 9.22. The summed E-state index contributed by atoms with van der Waals surface area (Å²) in [7, 11) is 0. The molecule has 0 bridgehead atoms. The number of hydrogen-bond donors (Lipinski definition) is 1. The molecule has 0 fully saturated rings. The standard InChI is InChI=1S/C27H29N3O4/c1-27(2,3)34-26(32)29-15-19-8-7-9-20(14-19)16-30-17-23-22(21-10-5-4-6-11-21)12-13-28-25(23)33-18-24(30)31/h4-14H,15-18H2,1-3H3,(H,29,32). The van der Waals surface area contributed by atoms with Gasteiger partial charge in [-0.05, 0) is 49.1 Å². The summed E-state index contributed by atoms with van der Waals surface area (Å²) in [5.41, 5.74) is 4.28. The first-order chi connectivity index (χ1) is 16.3. The van der Waals surface area contributed by atoms with Gasteiger partial charge in [0.25, 0.3) is 5.91 Å². The fraction of sp³-hybridized carbons (Fsp3) is 0.296. The highest BCUT2D eigenvalue weighted by Crippen LogP contribution is 2.32. The lowest BCUT2D eigenvalue weighted by Gasteiger charge is -2.22. The Morgan fingerprint density at radius 2 is 1.85 bits per heavy atom. The van der Waals surface area contributed by atoms with Gasteiger partial charge in [-0.3, -0.25) is 4.79 Å². The molecule has 4 rings (SSSR count). The van der Waals surface area contributed by atoms with Crippen molar-refractivity contribution in [3.8, 4) is 17.0 Å². The summed E-state index contributed by atoms with van der Waals surface area (Å²) < 4.78 is 11.1. The van der Waals surface area contributed by atoms with Gasteiger partial charge in [0.05, 0.1) is 6.54 Å². The molecule has 0 spiro atoms. The molecule has 0 aliphatic carbocycles. The summed E-state index contributed by atoms with van der Waals surface area (Å²) in [5.74, 6) is 0.391. The molecule has 2 amide bonds. The van der Waals surface area contributed by atoms with E-state index in [1.54, 1.807) is 11.1 Å². The molecule has 1 N–H and O–H groups in total. The minimum Gasteiger partial charge on any atom is -0.467 e. The van der Waals surface area contributed by atoms with Crippen molar-refractivity contribution < 1.29 is 19.1 Å². The first kappa shape index (κ1) is 23.3. The van der Waals surface area contributed by atoms with Crippen LogP contribution in [0.3, 0.4) is 0 Å². The van der Waals surface area contributed by atoms with Crippen LogP contribution in [0.4, 0.5) is 4.79 Å². The number of amides is 2. The van der Waals surface area contributed by atoms with Crippen LogP contribution in [0.25, 0.3) is 11.1 Å². The predicted octanol–water partition coefficient (Wildman–Crippen LogP) is 4.69. The summed E-state index contributed by atoms with van der Waals surface area (Å²) >= 11 is 0. The van der Waals surface area contributed by atoms with E-state index in [9.17, 15) is 9.59 Å².